The number of phenols is 1. The van der Waals surface area contributed by atoms with Gasteiger partial charge in [-0.1, -0.05) is 59.6 Å². The molecule has 0 fully saturated rings. The van der Waals surface area contributed by atoms with Gasteiger partial charge in [0.2, 0.25) is 0 Å². The molecule has 154 valence electrons. The fraction of sp³-hybridized carbons (Fsp3) is 0. The van der Waals surface area contributed by atoms with Crippen molar-refractivity contribution in [2.45, 2.75) is 0 Å². The molecule has 0 saturated carbocycles. The van der Waals surface area contributed by atoms with Crippen LogP contribution in [0.2, 0.25) is 10.0 Å². The third kappa shape index (κ3) is 4.06. The van der Waals surface area contributed by atoms with Crippen LogP contribution in [0.3, 0.4) is 0 Å². The first-order valence-corrected chi connectivity index (χ1v) is 9.95. The van der Waals surface area contributed by atoms with E-state index in [1.165, 1.54) is 23.1 Å². The largest absolute Gasteiger partial charge is 0.507 e. The van der Waals surface area contributed by atoms with Crippen LogP contribution in [0.1, 0.15) is 21.5 Å². The molecule has 0 saturated heterocycles. The Labute approximate surface area is 188 Å². The van der Waals surface area contributed by atoms with E-state index in [1.54, 1.807) is 30.4 Å². The van der Waals surface area contributed by atoms with Crippen LogP contribution < -0.4 is 4.90 Å². The Morgan fingerprint density at radius 1 is 0.968 bits per heavy atom. The van der Waals surface area contributed by atoms with Gasteiger partial charge >= 0.3 is 5.97 Å². The van der Waals surface area contributed by atoms with E-state index in [-0.39, 0.29) is 17.2 Å². The van der Waals surface area contributed by atoms with Crippen LogP contribution in [0.5, 0.6) is 5.75 Å². The first-order valence-electron chi connectivity index (χ1n) is 9.20. The number of aromatic carboxylic acids is 1. The molecule has 0 spiro atoms. The van der Waals surface area contributed by atoms with Crippen molar-refractivity contribution in [2.24, 2.45) is 0 Å². The topological polar surface area (TPSA) is 77.8 Å². The molecule has 7 heteroatoms. The van der Waals surface area contributed by atoms with Gasteiger partial charge in [0.1, 0.15) is 11.3 Å². The molecular formula is C24H15Cl2NO4. The van der Waals surface area contributed by atoms with Crippen molar-refractivity contribution in [3.8, 4) is 5.75 Å². The minimum Gasteiger partial charge on any atom is -0.507 e. The fourth-order valence-electron chi connectivity index (χ4n) is 3.31. The Balaban J connectivity index is 1.86. The number of nitrogens with zero attached hydrogens (tertiary/aromatic N) is 1. The lowest BCUT2D eigenvalue weighted by molar-refractivity contribution is -0.113. The maximum Gasteiger partial charge on any atom is 0.339 e. The number of anilines is 1. The number of carbonyl (C=O) groups is 2. The summed E-state index contributed by atoms with van der Waals surface area (Å²) in [4.78, 5) is 26.3. The highest BCUT2D eigenvalue weighted by molar-refractivity contribution is 6.35. The number of hydrogen-bond acceptors (Lipinski definition) is 3. The Morgan fingerprint density at radius 3 is 2.39 bits per heavy atom. The molecule has 3 aromatic carbocycles. The van der Waals surface area contributed by atoms with E-state index in [9.17, 15) is 19.8 Å². The van der Waals surface area contributed by atoms with Gasteiger partial charge in [0.15, 0.2) is 0 Å². The van der Waals surface area contributed by atoms with Crippen molar-refractivity contribution < 1.29 is 19.8 Å². The monoisotopic (exact) mass is 451 g/mol. The molecule has 0 aliphatic carbocycles. The van der Waals surface area contributed by atoms with E-state index < -0.39 is 5.97 Å². The summed E-state index contributed by atoms with van der Waals surface area (Å²) in [7, 11) is 0. The second-order valence-electron chi connectivity index (χ2n) is 6.81. The molecule has 3 aromatic rings. The number of rotatable bonds is 4. The van der Waals surface area contributed by atoms with E-state index in [4.69, 9.17) is 23.2 Å². The minimum absolute atomic E-state index is 0.295. The first-order chi connectivity index (χ1) is 14.8. The number of hydrogen-bond donors (Lipinski definition) is 2. The number of carbonyl (C=O) groups excluding carboxylic acids is 1. The zero-order valence-electron chi connectivity index (χ0n) is 15.9. The summed E-state index contributed by atoms with van der Waals surface area (Å²) in [6, 6.07) is 18.3. The first kappa shape index (κ1) is 20.7. The average Bonchev–Trinajstić information content (AvgIpc) is 3.07. The van der Waals surface area contributed by atoms with Crippen molar-refractivity contribution in [3.05, 3.63) is 105 Å². The quantitative estimate of drug-likeness (QED) is 0.486. The summed E-state index contributed by atoms with van der Waals surface area (Å²) < 4.78 is 0. The van der Waals surface area contributed by atoms with Gasteiger partial charge in [0.25, 0.3) is 5.91 Å². The second-order valence-corrected chi connectivity index (χ2v) is 7.65. The molecule has 5 nitrogen and oxygen atoms in total. The predicted molar refractivity (Wildman–Crippen MR) is 121 cm³/mol. The number of benzene rings is 3. The summed E-state index contributed by atoms with van der Waals surface area (Å²) in [5.41, 5.74) is 2.36. The van der Waals surface area contributed by atoms with Gasteiger partial charge in [-0.25, -0.2) is 4.79 Å². The highest BCUT2D eigenvalue weighted by Gasteiger charge is 2.31. The summed E-state index contributed by atoms with van der Waals surface area (Å²) in [5, 5.41) is 20.1. The lowest BCUT2D eigenvalue weighted by Crippen LogP contribution is -2.25. The van der Waals surface area contributed by atoms with Crippen LogP contribution >= 0.6 is 23.2 Å². The molecule has 0 atom stereocenters. The Kier molecular flexibility index (Phi) is 5.55. The molecule has 1 amide bonds. The number of aromatic hydroxyl groups is 1. The third-order valence-electron chi connectivity index (χ3n) is 4.79. The molecule has 0 radical (unpaired) electrons. The summed E-state index contributed by atoms with van der Waals surface area (Å²) >= 11 is 12.2. The van der Waals surface area contributed by atoms with Crippen LogP contribution in [0, 0.1) is 0 Å². The summed E-state index contributed by atoms with van der Waals surface area (Å²) in [6.45, 7) is 0. The lowest BCUT2D eigenvalue weighted by Gasteiger charge is -2.21. The van der Waals surface area contributed by atoms with E-state index in [0.29, 0.717) is 32.6 Å². The van der Waals surface area contributed by atoms with Crippen LogP contribution in [0.25, 0.3) is 11.8 Å². The second kappa shape index (κ2) is 8.30. The average molecular weight is 452 g/mol. The zero-order chi connectivity index (χ0) is 22.1. The van der Waals surface area contributed by atoms with Gasteiger partial charge in [-0.2, -0.15) is 0 Å². The van der Waals surface area contributed by atoms with Gasteiger partial charge in [-0.05, 0) is 53.6 Å². The van der Waals surface area contributed by atoms with Gasteiger partial charge in [-0.3, -0.25) is 9.69 Å². The number of amides is 1. The SMILES string of the molecule is O=C(O)c1cc(N2C(=O)/C(=C/c3ccc(Cl)cc3Cl)C=C2c2ccccc2)ccc1O. The molecule has 2 N–H and O–H groups in total. The summed E-state index contributed by atoms with van der Waals surface area (Å²) in [5.74, 6) is -2.02. The standard InChI is InChI=1S/C24H15Cl2NO4/c25-17-7-6-15(20(26)12-17)10-16-11-21(14-4-2-1-3-5-14)27(23(16)29)18-8-9-22(28)19(13-18)24(30)31/h1-13,28H,(H,30,31)/b16-10+. The molecule has 31 heavy (non-hydrogen) atoms. The number of halogens is 2. The lowest BCUT2D eigenvalue weighted by atomic mass is 10.1. The highest BCUT2D eigenvalue weighted by Crippen LogP contribution is 2.37. The van der Waals surface area contributed by atoms with E-state index in [2.05, 4.69) is 0 Å². The molecule has 0 bridgehead atoms. The zero-order valence-corrected chi connectivity index (χ0v) is 17.4. The summed E-state index contributed by atoms with van der Waals surface area (Å²) in [6.07, 6.45) is 3.37. The fourth-order valence-corrected chi connectivity index (χ4v) is 3.78. The molecular weight excluding hydrogens is 437 g/mol. The van der Waals surface area contributed by atoms with Gasteiger partial charge < -0.3 is 10.2 Å². The van der Waals surface area contributed by atoms with E-state index >= 15 is 0 Å². The van der Waals surface area contributed by atoms with Crippen LogP contribution in [-0.2, 0) is 4.79 Å². The van der Waals surface area contributed by atoms with Crippen LogP contribution in [-0.4, -0.2) is 22.1 Å². The van der Waals surface area contributed by atoms with E-state index in [1.807, 2.05) is 30.3 Å². The van der Waals surface area contributed by atoms with Crippen molar-refractivity contribution in [2.75, 3.05) is 4.90 Å². The molecule has 0 aromatic heterocycles. The Bertz CT molecular complexity index is 1270. The third-order valence-corrected chi connectivity index (χ3v) is 5.36. The molecule has 0 unspecified atom stereocenters. The molecule has 4 rings (SSSR count). The maximum atomic E-state index is 13.4. The highest BCUT2D eigenvalue weighted by atomic mass is 35.5. The van der Waals surface area contributed by atoms with Gasteiger partial charge in [-0.15, -0.1) is 0 Å². The van der Waals surface area contributed by atoms with Gasteiger partial charge in [0.05, 0.1) is 11.4 Å². The van der Waals surface area contributed by atoms with Gasteiger partial charge in [0, 0.05) is 15.6 Å². The normalized spacial score (nSPS) is 14.8. The van der Waals surface area contributed by atoms with Crippen molar-refractivity contribution in [3.63, 3.8) is 0 Å². The molecule has 1 aliphatic heterocycles. The number of carboxylic acids is 1. The number of carboxylic acid groups (broad SMARTS) is 1. The minimum atomic E-state index is -1.29. The van der Waals surface area contributed by atoms with E-state index in [0.717, 1.165) is 5.56 Å². The van der Waals surface area contributed by atoms with Crippen molar-refractivity contribution >= 4 is 52.5 Å². The molecule has 1 aliphatic rings. The smallest absolute Gasteiger partial charge is 0.339 e. The van der Waals surface area contributed by atoms with Crippen molar-refractivity contribution in [1.82, 2.24) is 0 Å². The predicted octanol–water partition coefficient (Wildman–Crippen LogP) is 5.87. The van der Waals surface area contributed by atoms with Crippen LogP contribution in [0.15, 0.2) is 78.4 Å². The maximum absolute atomic E-state index is 13.4. The van der Waals surface area contributed by atoms with Crippen molar-refractivity contribution in [1.29, 1.82) is 0 Å². The Morgan fingerprint density at radius 2 is 1.71 bits per heavy atom. The van der Waals surface area contributed by atoms with Crippen LogP contribution in [0.4, 0.5) is 5.69 Å². The Hall–Kier alpha value is -3.54. The molecule has 1 heterocycles.